The molecule has 6 heteroatoms. The highest BCUT2D eigenvalue weighted by Gasteiger charge is 2.23. The van der Waals surface area contributed by atoms with Crippen LogP contribution in [0.3, 0.4) is 0 Å². The molecule has 4 nitrogen and oxygen atoms in total. The summed E-state index contributed by atoms with van der Waals surface area (Å²) in [6.07, 6.45) is 0. The number of primary amides is 1. The van der Waals surface area contributed by atoms with Crippen LogP contribution in [0.25, 0.3) is 0 Å². The lowest BCUT2D eigenvalue weighted by atomic mass is 10.0. The zero-order valence-electron chi connectivity index (χ0n) is 10.0. The van der Waals surface area contributed by atoms with Crippen molar-refractivity contribution in [3.63, 3.8) is 0 Å². The summed E-state index contributed by atoms with van der Waals surface area (Å²) < 4.78 is 26.0. The molecule has 3 N–H and O–H groups in total. The van der Waals surface area contributed by atoms with Gasteiger partial charge in [-0.1, -0.05) is 13.8 Å². The van der Waals surface area contributed by atoms with Crippen molar-refractivity contribution in [2.75, 3.05) is 0 Å². The van der Waals surface area contributed by atoms with Crippen LogP contribution in [0.15, 0.2) is 18.2 Å². The highest BCUT2D eigenvalue weighted by molar-refractivity contribution is 5.97. The SMILES string of the molecule is CC(C)[C@@H](NC(=O)c1ccc(F)cc1F)C(N)=O. The van der Waals surface area contributed by atoms with E-state index in [4.69, 9.17) is 5.73 Å². The molecule has 0 fully saturated rings. The third kappa shape index (κ3) is 3.26. The number of amides is 2. The van der Waals surface area contributed by atoms with Gasteiger partial charge in [0.15, 0.2) is 0 Å². The predicted octanol–water partition coefficient (Wildman–Crippen LogP) is 1.20. The van der Waals surface area contributed by atoms with Gasteiger partial charge in [-0.2, -0.15) is 0 Å². The third-order valence-electron chi connectivity index (χ3n) is 2.44. The first-order valence-electron chi connectivity index (χ1n) is 5.38. The van der Waals surface area contributed by atoms with Crippen LogP contribution in [0.4, 0.5) is 8.78 Å². The highest BCUT2D eigenvalue weighted by atomic mass is 19.1. The second-order valence-corrected chi connectivity index (χ2v) is 4.22. The molecule has 0 aliphatic rings. The second-order valence-electron chi connectivity index (χ2n) is 4.22. The Morgan fingerprint density at radius 2 is 1.89 bits per heavy atom. The number of benzene rings is 1. The van der Waals surface area contributed by atoms with Crippen molar-refractivity contribution in [1.82, 2.24) is 5.32 Å². The van der Waals surface area contributed by atoms with E-state index in [0.717, 1.165) is 12.1 Å². The summed E-state index contributed by atoms with van der Waals surface area (Å²) in [5.74, 6) is -3.50. The average molecular weight is 256 g/mol. The number of nitrogens with one attached hydrogen (secondary N) is 1. The van der Waals surface area contributed by atoms with Crippen molar-refractivity contribution in [1.29, 1.82) is 0 Å². The van der Waals surface area contributed by atoms with E-state index in [2.05, 4.69) is 5.32 Å². The number of rotatable bonds is 4. The zero-order chi connectivity index (χ0) is 13.9. The Morgan fingerprint density at radius 3 is 2.33 bits per heavy atom. The molecule has 0 spiro atoms. The minimum atomic E-state index is -0.987. The lowest BCUT2D eigenvalue weighted by Crippen LogP contribution is -2.47. The van der Waals surface area contributed by atoms with E-state index in [1.807, 2.05) is 0 Å². The Labute approximate surface area is 103 Å². The lowest BCUT2D eigenvalue weighted by molar-refractivity contribution is -0.120. The van der Waals surface area contributed by atoms with Gasteiger partial charge in [-0.05, 0) is 18.1 Å². The van der Waals surface area contributed by atoms with Gasteiger partial charge in [0.1, 0.15) is 17.7 Å². The molecular weight excluding hydrogens is 242 g/mol. The summed E-state index contributed by atoms with van der Waals surface area (Å²) in [7, 11) is 0. The van der Waals surface area contributed by atoms with Crippen molar-refractivity contribution in [2.24, 2.45) is 11.7 Å². The van der Waals surface area contributed by atoms with Crippen LogP contribution < -0.4 is 11.1 Å². The average Bonchev–Trinajstić information content (AvgIpc) is 2.24. The van der Waals surface area contributed by atoms with Crippen molar-refractivity contribution in [3.8, 4) is 0 Å². The van der Waals surface area contributed by atoms with Crippen LogP contribution in [-0.2, 0) is 4.79 Å². The smallest absolute Gasteiger partial charge is 0.254 e. The third-order valence-corrected chi connectivity index (χ3v) is 2.44. The van der Waals surface area contributed by atoms with Crippen molar-refractivity contribution >= 4 is 11.8 Å². The van der Waals surface area contributed by atoms with Crippen LogP contribution in [-0.4, -0.2) is 17.9 Å². The summed E-state index contributed by atoms with van der Waals surface area (Å²) in [5, 5.41) is 2.32. The summed E-state index contributed by atoms with van der Waals surface area (Å²) in [4.78, 5) is 22.8. The first kappa shape index (κ1) is 14.1. The Balaban J connectivity index is 2.91. The fraction of sp³-hybridized carbons (Fsp3) is 0.333. The van der Waals surface area contributed by atoms with E-state index >= 15 is 0 Å². The van der Waals surface area contributed by atoms with Gasteiger partial charge in [0, 0.05) is 6.07 Å². The molecule has 2 amide bonds. The van der Waals surface area contributed by atoms with Crippen LogP contribution >= 0.6 is 0 Å². The first-order valence-corrected chi connectivity index (χ1v) is 5.38. The monoisotopic (exact) mass is 256 g/mol. The topological polar surface area (TPSA) is 72.2 Å². The van der Waals surface area contributed by atoms with Gasteiger partial charge in [0.05, 0.1) is 5.56 Å². The number of carbonyl (C=O) groups is 2. The van der Waals surface area contributed by atoms with E-state index < -0.39 is 29.5 Å². The molecule has 1 atom stereocenters. The van der Waals surface area contributed by atoms with E-state index in [1.165, 1.54) is 0 Å². The Morgan fingerprint density at radius 1 is 1.28 bits per heavy atom. The zero-order valence-corrected chi connectivity index (χ0v) is 10.0. The van der Waals surface area contributed by atoms with Gasteiger partial charge in [-0.25, -0.2) is 8.78 Å². The Bertz CT molecular complexity index is 475. The second kappa shape index (κ2) is 5.57. The molecule has 1 aromatic rings. The largest absolute Gasteiger partial charge is 0.368 e. The van der Waals surface area contributed by atoms with Crippen LogP contribution in [0.2, 0.25) is 0 Å². The molecule has 0 saturated carbocycles. The van der Waals surface area contributed by atoms with Gasteiger partial charge in [0.25, 0.3) is 5.91 Å². The normalized spacial score (nSPS) is 12.3. The fourth-order valence-electron chi connectivity index (χ4n) is 1.46. The molecule has 0 unspecified atom stereocenters. The van der Waals surface area contributed by atoms with Crippen LogP contribution in [0, 0.1) is 17.6 Å². The van der Waals surface area contributed by atoms with Crippen molar-refractivity contribution in [2.45, 2.75) is 19.9 Å². The Kier molecular flexibility index (Phi) is 4.36. The summed E-state index contributed by atoms with van der Waals surface area (Å²) >= 11 is 0. The molecule has 0 radical (unpaired) electrons. The maximum atomic E-state index is 13.3. The summed E-state index contributed by atoms with van der Waals surface area (Å²) in [6.45, 7) is 3.38. The molecule has 0 aliphatic heterocycles. The van der Waals surface area contributed by atoms with Crippen LogP contribution in [0.5, 0.6) is 0 Å². The van der Waals surface area contributed by atoms with E-state index in [9.17, 15) is 18.4 Å². The number of hydrogen-bond acceptors (Lipinski definition) is 2. The van der Waals surface area contributed by atoms with Gasteiger partial charge in [-0.3, -0.25) is 9.59 Å². The molecule has 1 rings (SSSR count). The molecule has 0 aliphatic carbocycles. The number of halogens is 2. The van der Waals surface area contributed by atoms with Gasteiger partial charge in [-0.15, -0.1) is 0 Å². The minimum absolute atomic E-state index is 0.227. The van der Waals surface area contributed by atoms with Crippen molar-refractivity contribution < 1.29 is 18.4 Å². The standard InChI is InChI=1S/C12H14F2N2O2/c1-6(2)10(11(15)17)16-12(18)8-4-3-7(13)5-9(8)14/h3-6,10H,1-2H3,(H2,15,17)(H,16,18)/t10-/m1/s1. The molecule has 0 aromatic heterocycles. The number of hydrogen-bond donors (Lipinski definition) is 2. The van der Waals surface area contributed by atoms with Gasteiger partial charge in [0.2, 0.25) is 5.91 Å². The highest BCUT2D eigenvalue weighted by Crippen LogP contribution is 2.10. The number of nitrogens with two attached hydrogens (primary N) is 1. The summed E-state index contributed by atoms with van der Waals surface area (Å²) in [5.41, 5.74) is 4.79. The van der Waals surface area contributed by atoms with E-state index in [-0.39, 0.29) is 11.5 Å². The lowest BCUT2D eigenvalue weighted by Gasteiger charge is -2.19. The molecule has 0 bridgehead atoms. The molecule has 0 heterocycles. The maximum absolute atomic E-state index is 13.3. The van der Waals surface area contributed by atoms with E-state index in [1.54, 1.807) is 13.8 Å². The first-order chi connectivity index (χ1) is 8.32. The molecule has 1 aromatic carbocycles. The summed E-state index contributed by atoms with van der Waals surface area (Å²) in [6, 6.07) is 1.68. The molecule has 98 valence electrons. The maximum Gasteiger partial charge on any atom is 0.254 e. The van der Waals surface area contributed by atoms with Crippen molar-refractivity contribution in [3.05, 3.63) is 35.4 Å². The molecular formula is C12H14F2N2O2. The van der Waals surface area contributed by atoms with Gasteiger partial charge < -0.3 is 11.1 Å². The van der Waals surface area contributed by atoms with Crippen LogP contribution in [0.1, 0.15) is 24.2 Å². The minimum Gasteiger partial charge on any atom is -0.368 e. The fourth-order valence-corrected chi connectivity index (χ4v) is 1.46. The van der Waals surface area contributed by atoms with Gasteiger partial charge >= 0.3 is 0 Å². The molecule has 0 saturated heterocycles. The Hall–Kier alpha value is -1.98. The predicted molar refractivity (Wildman–Crippen MR) is 61.6 cm³/mol. The number of carbonyl (C=O) groups excluding carboxylic acids is 2. The molecule has 18 heavy (non-hydrogen) atoms. The van der Waals surface area contributed by atoms with E-state index in [0.29, 0.717) is 6.07 Å². The quantitative estimate of drug-likeness (QED) is 0.849.